The molecule has 0 aliphatic heterocycles. The normalized spacial score (nSPS) is 17.4. The summed E-state index contributed by atoms with van der Waals surface area (Å²) < 4.78 is 0. The Morgan fingerprint density at radius 1 is 1.27 bits per heavy atom. The lowest BCUT2D eigenvalue weighted by molar-refractivity contribution is -0.108. The van der Waals surface area contributed by atoms with Crippen LogP contribution >= 0.6 is 11.3 Å². The third kappa shape index (κ3) is 4.29. The van der Waals surface area contributed by atoms with E-state index in [-0.39, 0.29) is 23.8 Å². The Labute approximate surface area is 180 Å². The Morgan fingerprint density at radius 2 is 2.03 bits per heavy atom. The smallest absolute Gasteiger partial charge is 0.280 e. The molecule has 2 heterocycles. The molecule has 1 aromatic carbocycles. The predicted molar refractivity (Wildman–Crippen MR) is 120 cm³/mol. The number of thiazole rings is 1. The van der Waals surface area contributed by atoms with Gasteiger partial charge in [-0.1, -0.05) is 62.4 Å². The Kier molecular flexibility index (Phi) is 5.69. The molecule has 156 valence electrons. The quantitative estimate of drug-likeness (QED) is 0.595. The Hall–Kier alpha value is -2.60. The van der Waals surface area contributed by atoms with Crippen molar-refractivity contribution in [3.63, 3.8) is 0 Å². The third-order valence-electron chi connectivity index (χ3n) is 6.01. The summed E-state index contributed by atoms with van der Waals surface area (Å²) in [4.78, 5) is 34.2. The van der Waals surface area contributed by atoms with Gasteiger partial charge < -0.3 is 10.1 Å². The molecule has 0 spiro atoms. The zero-order valence-electron chi connectivity index (χ0n) is 17.6. The molecule has 0 saturated heterocycles. The number of hydrogen-bond acceptors (Lipinski definition) is 5. The maximum absolute atomic E-state index is 12.9. The summed E-state index contributed by atoms with van der Waals surface area (Å²) in [6.07, 6.45) is 4.18. The van der Waals surface area contributed by atoms with E-state index in [9.17, 15) is 9.59 Å². The van der Waals surface area contributed by atoms with Crippen LogP contribution in [0, 0.1) is 11.3 Å². The van der Waals surface area contributed by atoms with Crippen molar-refractivity contribution in [1.29, 1.82) is 0 Å². The van der Waals surface area contributed by atoms with Crippen LogP contribution in [0.25, 0.3) is 10.3 Å². The van der Waals surface area contributed by atoms with Crippen molar-refractivity contribution in [2.24, 2.45) is 11.3 Å². The van der Waals surface area contributed by atoms with Gasteiger partial charge in [0, 0.05) is 12.1 Å². The van der Waals surface area contributed by atoms with Gasteiger partial charge in [-0.3, -0.25) is 4.79 Å². The minimum atomic E-state index is -0.364. The molecule has 3 aromatic rings. The molecule has 0 unspecified atom stereocenters. The second-order valence-corrected chi connectivity index (χ2v) is 10.1. The van der Waals surface area contributed by atoms with Crippen LogP contribution in [-0.2, 0) is 17.6 Å². The van der Waals surface area contributed by atoms with E-state index in [4.69, 9.17) is 4.98 Å². The number of carbonyl (C=O) groups is 2. The van der Waals surface area contributed by atoms with Crippen LogP contribution in [0.4, 0.5) is 0 Å². The number of aromatic nitrogens is 2. The summed E-state index contributed by atoms with van der Waals surface area (Å²) in [6.45, 7) is 6.88. The van der Waals surface area contributed by atoms with Crippen molar-refractivity contribution in [2.45, 2.75) is 52.5 Å². The molecular weight excluding hydrogens is 394 g/mol. The number of nitrogens with zero attached hydrogens (tertiary/aromatic N) is 2. The largest absolute Gasteiger partial charge is 0.343 e. The first-order valence-electron chi connectivity index (χ1n) is 10.4. The van der Waals surface area contributed by atoms with Crippen LogP contribution in [0.1, 0.15) is 66.3 Å². The van der Waals surface area contributed by atoms with Gasteiger partial charge in [0.2, 0.25) is 0 Å². The summed E-state index contributed by atoms with van der Waals surface area (Å²) in [7, 11) is 0. The molecule has 1 aliphatic carbocycles. The first-order chi connectivity index (χ1) is 14.3. The standard InChI is InChI=1S/C24H27N3O2S/c1-24(2,3)17-9-10-18-16(13-17)14-20-22(26-18)30-23(27-20)21(29)25-19(11-12-28)15-7-5-4-6-8-15/h4-8,12,14,17,19H,9-11,13H2,1-3H3,(H,25,29)/t17-,19+/m0/s1. The van der Waals surface area contributed by atoms with Gasteiger partial charge in [0.25, 0.3) is 5.91 Å². The molecule has 0 bridgehead atoms. The number of aryl methyl sites for hydroxylation is 1. The third-order valence-corrected chi connectivity index (χ3v) is 6.97. The topological polar surface area (TPSA) is 72.0 Å². The molecule has 1 amide bonds. The highest BCUT2D eigenvalue weighted by molar-refractivity contribution is 7.19. The van der Waals surface area contributed by atoms with Crippen LogP contribution < -0.4 is 5.32 Å². The maximum atomic E-state index is 12.9. The fourth-order valence-electron chi connectivity index (χ4n) is 4.13. The van der Waals surface area contributed by atoms with Crippen LogP contribution in [-0.4, -0.2) is 22.2 Å². The van der Waals surface area contributed by atoms with Gasteiger partial charge >= 0.3 is 0 Å². The molecule has 0 radical (unpaired) electrons. The number of rotatable bonds is 5. The van der Waals surface area contributed by atoms with E-state index in [1.807, 2.05) is 30.3 Å². The van der Waals surface area contributed by atoms with Gasteiger partial charge in [-0.25, -0.2) is 9.97 Å². The highest BCUT2D eigenvalue weighted by atomic mass is 32.1. The van der Waals surface area contributed by atoms with Crippen LogP contribution in [0.15, 0.2) is 36.4 Å². The number of hydrogen-bond donors (Lipinski definition) is 1. The monoisotopic (exact) mass is 421 g/mol. The van der Waals surface area contributed by atoms with Crippen molar-refractivity contribution in [2.75, 3.05) is 0 Å². The van der Waals surface area contributed by atoms with Gasteiger partial charge in [-0.2, -0.15) is 0 Å². The van der Waals surface area contributed by atoms with E-state index in [0.29, 0.717) is 10.9 Å². The lowest BCUT2D eigenvalue weighted by Crippen LogP contribution is -2.28. The molecule has 5 nitrogen and oxygen atoms in total. The summed E-state index contributed by atoms with van der Waals surface area (Å²) in [5.41, 5.74) is 4.35. The Bertz CT molecular complexity index is 1070. The van der Waals surface area contributed by atoms with Gasteiger partial charge in [-0.05, 0) is 47.8 Å². The fraction of sp³-hybridized carbons (Fsp3) is 0.417. The minimum Gasteiger partial charge on any atom is -0.343 e. The van der Waals surface area contributed by atoms with E-state index in [1.165, 1.54) is 16.9 Å². The Morgan fingerprint density at radius 3 is 2.73 bits per heavy atom. The van der Waals surface area contributed by atoms with Crippen molar-refractivity contribution in [1.82, 2.24) is 15.3 Å². The SMILES string of the molecule is CC(C)(C)[C@H]1CCc2nc3sc(C(=O)N[C@H](CC=O)c4ccccc4)nc3cc2C1. The zero-order valence-corrected chi connectivity index (χ0v) is 18.5. The van der Waals surface area contributed by atoms with Crippen LogP contribution in [0.3, 0.4) is 0 Å². The highest BCUT2D eigenvalue weighted by Gasteiger charge is 2.30. The number of benzene rings is 1. The predicted octanol–water partition coefficient (Wildman–Crippen LogP) is 4.90. The number of aldehydes is 1. The van der Waals surface area contributed by atoms with Crippen LogP contribution in [0.5, 0.6) is 0 Å². The van der Waals surface area contributed by atoms with E-state index >= 15 is 0 Å². The molecule has 4 rings (SSSR count). The first kappa shape index (κ1) is 20.7. The number of nitrogens with one attached hydrogen (secondary N) is 1. The molecule has 6 heteroatoms. The summed E-state index contributed by atoms with van der Waals surface area (Å²) in [5, 5.41) is 3.35. The second-order valence-electron chi connectivity index (χ2n) is 9.08. The Balaban J connectivity index is 1.57. The van der Waals surface area contributed by atoms with Gasteiger partial charge in [0.15, 0.2) is 5.01 Å². The fourth-order valence-corrected chi connectivity index (χ4v) is 4.97. The van der Waals surface area contributed by atoms with Crippen LogP contribution in [0.2, 0.25) is 0 Å². The summed E-state index contributed by atoms with van der Waals surface area (Å²) in [5.74, 6) is 0.361. The average Bonchev–Trinajstić information content (AvgIpc) is 3.14. The summed E-state index contributed by atoms with van der Waals surface area (Å²) >= 11 is 1.32. The number of carbonyl (C=O) groups excluding carboxylic acids is 2. The van der Waals surface area contributed by atoms with E-state index < -0.39 is 0 Å². The average molecular weight is 422 g/mol. The van der Waals surface area contributed by atoms with Crippen molar-refractivity contribution in [3.8, 4) is 0 Å². The van der Waals surface area contributed by atoms with Crippen molar-refractivity contribution >= 4 is 33.9 Å². The zero-order chi connectivity index (χ0) is 21.3. The molecular formula is C24H27N3O2S. The lowest BCUT2D eigenvalue weighted by atomic mass is 9.71. The number of fused-ring (bicyclic) bond motifs is 2. The van der Waals surface area contributed by atoms with E-state index in [1.54, 1.807) is 0 Å². The minimum absolute atomic E-state index is 0.224. The second kappa shape index (κ2) is 8.26. The summed E-state index contributed by atoms with van der Waals surface area (Å²) in [6, 6.07) is 11.3. The molecule has 0 fully saturated rings. The molecule has 1 aliphatic rings. The van der Waals surface area contributed by atoms with Gasteiger partial charge in [0.1, 0.15) is 16.6 Å². The first-order valence-corrected chi connectivity index (χ1v) is 11.3. The molecule has 2 atom stereocenters. The molecule has 2 aromatic heterocycles. The van der Waals surface area contributed by atoms with E-state index in [0.717, 1.165) is 47.2 Å². The molecule has 30 heavy (non-hydrogen) atoms. The number of amides is 1. The van der Waals surface area contributed by atoms with E-state index in [2.05, 4.69) is 37.1 Å². The van der Waals surface area contributed by atoms with Gasteiger partial charge in [0.05, 0.1) is 6.04 Å². The number of pyridine rings is 1. The molecule has 0 saturated carbocycles. The highest BCUT2D eigenvalue weighted by Crippen LogP contribution is 2.38. The van der Waals surface area contributed by atoms with Gasteiger partial charge in [-0.15, -0.1) is 0 Å². The van der Waals surface area contributed by atoms with Crippen molar-refractivity contribution in [3.05, 3.63) is 58.2 Å². The van der Waals surface area contributed by atoms with Crippen molar-refractivity contribution < 1.29 is 9.59 Å². The molecule has 1 N–H and O–H groups in total. The maximum Gasteiger partial charge on any atom is 0.280 e. The lowest BCUT2D eigenvalue weighted by Gasteiger charge is -2.34.